The normalized spacial score (nSPS) is 15.7. The van der Waals surface area contributed by atoms with Gasteiger partial charge in [0.05, 0.1) is 11.4 Å². The van der Waals surface area contributed by atoms with Crippen LogP contribution in [0.15, 0.2) is 34.1 Å². The molecular formula is C13H15F3N2O3S2. The number of likely N-dealkylation sites (N-methyl/N-ethyl adjacent to an activating group) is 1. The van der Waals surface area contributed by atoms with Gasteiger partial charge in [0.25, 0.3) is 0 Å². The number of sulfonamides is 1. The quantitative estimate of drug-likeness (QED) is 0.782. The first-order valence-electron chi connectivity index (χ1n) is 6.69. The molecule has 0 atom stereocenters. The highest BCUT2D eigenvalue weighted by molar-refractivity contribution is 8.00. The topological polar surface area (TPSA) is 66.5 Å². The molecule has 0 spiro atoms. The summed E-state index contributed by atoms with van der Waals surface area (Å²) in [5.41, 5.74) is -4.43. The second kappa shape index (κ2) is 6.70. The minimum absolute atomic E-state index is 0.106. The number of carbonyl (C=O) groups excluding carboxylic acids is 1. The maximum absolute atomic E-state index is 12.3. The van der Waals surface area contributed by atoms with Crippen LogP contribution in [0.3, 0.4) is 0 Å². The van der Waals surface area contributed by atoms with Gasteiger partial charge >= 0.3 is 5.51 Å². The van der Waals surface area contributed by atoms with Crippen molar-refractivity contribution in [2.75, 3.05) is 13.6 Å². The third kappa shape index (κ3) is 5.40. The summed E-state index contributed by atoms with van der Waals surface area (Å²) in [7, 11) is -2.68. The van der Waals surface area contributed by atoms with E-state index >= 15 is 0 Å². The Morgan fingerprint density at radius 1 is 1.30 bits per heavy atom. The summed E-state index contributed by atoms with van der Waals surface area (Å²) in [6, 6.07) is 4.49. The maximum atomic E-state index is 12.3. The summed E-state index contributed by atoms with van der Waals surface area (Å²) in [5.74, 6) is -0.400. The Morgan fingerprint density at radius 2 is 1.87 bits per heavy atom. The van der Waals surface area contributed by atoms with E-state index in [0.717, 1.165) is 41.4 Å². The predicted molar refractivity (Wildman–Crippen MR) is 79.3 cm³/mol. The van der Waals surface area contributed by atoms with Gasteiger partial charge in [-0.25, -0.2) is 8.42 Å². The van der Waals surface area contributed by atoms with Crippen molar-refractivity contribution in [1.82, 2.24) is 9.62 Å². The average Bonchev–Trinajstić information content (AvgIpc) is 3.21. The Morgan fingerprint density at radius 3 is 2.35 bits per heavy atom. The monoisotopic (exact) mass is 368 g/mol. The molecule has 1 aromatic rings. The zero-order chi connectivity index (χ0) is 17.3. The van der Waals surface area contributed by atoms with Crippen LogP contribution in [-0.4, -0.2) is 43.8 Å². The van der Waals surface area contributed by atoms with Crippen LogP contribution in [0.5, 0.6) is 0 Å². The van der Waals surface area contributed by atoms with Crippen LogP contribution in [0.25, 0.3) is 0 Å². The zero-order valence-electron chi connectivity index (χ0n) is 12.1. The van der Waals surface area contributed by atoms with E-state index in [0.29, 0.717) is 0 Å². The summed E-state index contributed by atoms with van der Waals surface area (Å²) in [5, 5.41) is 2.67. The highest BCUT2D eigenvalue weighted by atomic mass is 32.2. The van der Waals surface area contributed by atoms with Crippen LogP contribution in [0.1, 0.15) is 12.8 Å². The van der Waals surface area contributed by atoms with Crippen molar-refractivity contribution in [3.63, 3.8) is 0 Å². The van der Waals surface area contributed by atoms with E-state index in [9.17, 15) is 26.4 Å². The van der Waals surface area contributed by atoms with Crippen molar-refractivity contribution in [3.8, 4) is 0 Å². The molecule has 0 radical (unpaired) electrons. The first-order chi connectivity index (χ1) is 10.6. The molecule has 1 aliphatic carbocycles. The highest BCUT2D eigenvalue weighted by Crippen LogP contribution is 2.37. The Balaban J connectivity index is 2.04. The highest BCUT2D eigenvalue weighted by Gasteiger charge is 2.30. The predicted octanol–water partition coefficient (Wildman–Crippen LogP) is 2.20. The van der Waals surface area contributed by atoms with E-state index in [1.165, 1.54) is 7.05 Å². The second-order valence-corrected chi connectivity index (χ2v) is 8.31. The summed E-state index contributed by atoms with van der Waals surface area (Å²) < 4.78 is 62.2. The van der Waals surface area contributed by atoms with Crippen molar-refractivity contribution >= 4 is 27.7 Å². The number of halogens is 3. The van der Waals surface area contributed by atoms with Gasteiger partial charge in [-0.2, -0.15) is 17.5 Å². The van der Waals surface area contributed by atoms with Crippen molar-refractivity contribution in [1.29, 1.82) is 0 Å². The number of nitrogens with zero attached hydrogens (tertiary/aromatic N) is 1. The SMILES string of the molecule is CN(CC(=O)NC1CC1)S(=O)(=O)c1ccc(SC(F)(F)F)cc1. The lowest BCUT2D eigenvalue weighted by Crippen LogP contribution is -2.39. The molecule has 0 aromatic heterocycles. The minimum Gasteiger partial charge on any atom is -0.352 e. The Kier molecular flexibility index (Phi) is 5.27. The van der Waals surface area contributed by atoms with Crippen LogP contribution in [0.2, 0.25) is 0 Å². The molecule has 1 fully saturated rings. The van der Waals surface area contributed by atoms with Crippen LogP contribution < -0.4 is 5.32 Å². The molecule has 0 saturated heterocycles. The molecule has 23 heavy (non-hydrogen) atoms. The van der Waals surface area contributed by atoms with Crippen molar-refractivity contribution in [2.45, 2.75) is 34.2 Å². The molecule has 1 saturated carbocycles. The van der Waals surface area contributed by atoms with Gasteiger partial charge in [-0.15, -0.1) is 0 Å². The van der Waals surface area contributed by atoms with Crippen molar-refractivity contribution in [3.05, 3.63) is 24.3 Å². The fourth-order valence-electron chi connectivity index (χ4n) is 1.78. The number of nitrogens with one attached hydrogen (secondary N) is 1. The molecule has 1 aromatic carbocycles. The fourth-order valence-corrected chi connectivity index (χ4v) is 3.45. The Labute approximate surface area is 136 Å². The average molecular weight is 368 g/mol. The van der Waals surface area contributed by atoms with Crippen LogP contribution in [-0.2, 0) is 14.8 Å². The summed E-state index contributed by atoms with van der Waals surface area (Å²) in [6.45, 7) is -0.335. The fraction of sp³-hybridized carbons (Fsp3) is 0.462. The van der Waals surface area contributed by atoms with Crippen molar-refractivity contribution in [2.24, 2.45) is 0 Å². The summed E-state index contributed by atoms with van der Waals surface area (Å²) >= 11 is -0.320. The molecule has 1 N–H and O–H groups in total. The maximum Gasteiger partial charge on any atom is 0.446 e. The van der Waals surface area contributed by atoms with Gasteiger partial charge in [0, 0.05) is 18.0 Å². The summed E-state index contributed by atoms with van der Waals surface area (Å²) in [4.78, 5) is 11.4. The summed E-state index contributed by atoms with van der Waals surface area (Å²) in [6.07, 6.45) is 1.78. The molecule has 128 valence electrons. The Hall–Kier alpha value is -1.26. The first kappa shape index (κ1) is 18.1. The molecule has 0 heterocycles. The second-order valence-electron chi connectivity index (χ2n) is 5.12. The van der Waals surface area contributed by atoms with E-state index in [2.05, 4.69) is 5.32 Å². The van der Waals surface area contributed by atoms with E-state index in [1.54, 1.807) is 0 Å². The number of rotatable bonds is 6. The molecule has 0 bridgehead atoms. The van der Waals surface area contributed by atoms with Crippen LogP contribution in [0, 0.1) is 0 Å². The Bertz CT molecular complexity index is 671. The molecule has 2 rings (SSSR count). The lowest BCUT2D eigenvalue weighted by atomic mass is 10.4. The van der Waals surface area contributed by atoms with Gasteiger partial charge in [0.2, 0.25) is 15.9 Å². The van der Waals surface area contributed by atoms with Gasteiger partial charge in [0.1, 0.15) is 0 Å². The number of thioether (sulfide) groups is 1. The molecule has 5 nitrogen and oxygen atoms in total. The number of benzene rings is 1. The number of hydrogen-bond acceptors (Lipinski definition) is 4. The lowest BCUT2D eigenvalue weighted by Gasteiger charge is -2.17. The van der Waals surface area contributed by atoms with Gasteiger partial charge in [-0.1, -0.05) is 0 Å². The standard InChI is InChI=1S/C13H15F3N2O3S2/c1-18(8-12(19)17-9-2-3-9)23(20,21)11-6-4-10(5-7-11)22-13(14,15)16/h4-7,9H,2-3,8H2,1H3,(H,17,19). The lowest BCUT2D eigenvalue weighted by molar-refractivity contribution is -0.121. The van der Waals surface area contributed by atoms with E-state index in [4.69, 9.17) is 0 Å². The largest absolute Gasteiger partial charge is 0.446 e. The zero-order valence-corrected chi connectivity index (χ0v) is 13.8. The van der Waals surface area contributed by atoms with E-state index in [1.807, 2.05) is 0 Å². The number of hydrogen-bond donors (Lipinski definition) is 1. The van der Waals surface area contributed by atoms with Gasteiger partial charge in [-0.05, 0) is 48.9 Å². The van der Waals surface area contributed by atoms with Gasteiger partial charge in [-0.3, -0.25) is 4.79 Å². The van der Waals surface area contributed by atoms with Crippen molar-refractivity contribution < 1.29 is 26.4 Å². The molecule has 0 unspecified atom stereocenters. The number of carbonyl (C=O) groups is 1. The molecule has 10 heteroatoms. The molecule has 1 amide bonds. The van der Waals surface area contributed by atoms with Gasteiger partial charge in [0.15, 0.2) is 0 Å². The molecular weight excluding hydrogens is 353 g/mol. The molecule has 0 aliphatic heterocycles. The molecule has 1 aliphatic rings. The van der Waals surface area contributed by atoms with Gasteiger partial charge < -0.3 is 5.32 Å². The number of alkyl halides is 3. The minimum atomic E-state index is -4.43. The third-order valence-electron chi connectivity index (χ3n) is 3.07. The van der Waals surface area contributed by atoms with E-state index < -0.39 is 21.4 Å². The smallest absolute Gasteiger partial charge is 0.352 e. The number of amides is 1. The van der Waals surface area contributed by atoms with E-state index in [-0.39, 0.29) is 34.1 Å². The third-order valence-corrected chi connectivity index (χ3v) is 5.63. The van der Waals surface area contributed by atoms with Crippen LogP contribution >= 0.6 is 11.8 Å². The van der Waals surface area contributed by atoms with Crippen LogP contribution in [0.4, 0.5) is 13.2 Å². The first-order valence-corrected chi connectivity index (χ1v) is 8.95.